The fourth-order valence-corrected chi connectivity index (χ4v) is 2.31. The third kappa shape index (κ3) is 2.33. The third-order valence-corrected chi connectivity index (χ3v) is 3.46. The van der Waals surface area contributed by atoms with Gasteiger partial charge in [-0.15, -0.1) is 0 Å². The van der Waals surface area contributed by atoms with E-state index in [0.29, 0.717) is 24.2 Å². The molecule has 6 heteroatoms. The summed E-state index contributed by atoms with van der Waals surface area (Å²) >= 11 is 0. The van der Waals surface area contributed by atoms with Crippen molar-refractivity contribution < 1.29 is 29.6 Å². The summed E-state index contributed by atoms with van der Waals surface area (Å²) in [4.78, 5) is 21.9. The van der Waals surface area contributed by atoms with E-state index in [4.69, 9.17) is 14.9 Å². The second-order valence-corrected chi connectivity index (χ2v) is 4.73. The summed E-state index contributed by atoms with van der Waals surface area (Å²) in [5, 5.41) is 27.6. The Morgan fingerprint density at radius 2 is 1.95 bits per heavy atom. The van der Waals surface area contributed by atoms with Gasteiger partial charge in [0.15, 0.2) is 0 Å². The van der Waals surface area contributed by atoms with Crippen LogP contribution in [0.3, 0.4) is 0 Å². The van der Waals surface area contributed by atoms with E-state index >= 15 is 0 Å². The smallest absolute Gasteiger partial charge is 0.339 e. The van der Waals surface area contributed by atoms with E-state index in [-0.39, 0.29) is 17.7 Å². The average molecular weight is 266 g/mol. The summed E-state index contributed by atoms with van der Waals surface area (Å²) in [6, 6.07) is 2.53. The Bertz CT molecular complexity index is 544. The summed E-state index contributed by atoms with van der Waals surface area (Å²) in [5.74, 6) is -2.27. The molecule has 102 valence electrons. The summed E-state index contributed by atoms with van der Waals surface area (Å²) in [5.41, 5.74) is -0.283. The monoisotopic (exact) mass is 266 g/mol. The molecule has 19 heavy (non-hydrogen) atoms. The zero-order chi connectivity index (χ0) is 14.2. The van der Waals surface area contributed by atoms with Crippen LogP contribution in [0.2, 0.25) is 0 Å². The van der Waals surface area contributed by atoms with Crippen molar-refractivity contribution in [1.82, 2.24) is 0 Å². The molecule has 1 aromatic rings. The number of methoxy groups -OCH3 is 1. The fourth-order valence-electron chi connectivity index (χ4n) is 2.31. The molecule has 0 amide bonds. The number of carboxylic acids is 2. The number of aromatic hydroxyl groups is 1. The molecule has 0 bridgehead atoms. The lowest BCUT2D eigenvalue weighted by atomic mass is 9.90. The third-order valence-electron chi connectivity index (χ3n) is 3.46. The minimum atomic E-state index is -1.26. The molecule has 0 saturated heterocycles. The number of hydrogen-bond donors (Lipinski definition) is 3. The van der Waals surface area contributed by atoms with Crippen LogP contribution in [-0.4, -0.2) is 34.4 Å². The number of aromatic carboxylic acids is 1. The second-order valence-electron chi connectivity index (χ2n) is 4.73. The molecule has 0 aliphatic heterocycles. The summed E-state index contributed by atoms with van der Waals surface area (Å²) in [6.07, 6.45) is 1.26. The highest BCUT2D eigenvalue weighted by molar-refractivity contribution is 5.91. The first kappa shape index (κ1) is 13.2. The highest BCUT2D eigenvalue weighted by Gasteiger charge is 2.48. The average Bonchev–Trinajstić information content (AvgIpc) is 3.07. The first-order valence-electron chi connectivity index (χ1n) is 5.76. The van der Waals surface area contributed by atoms with Gasteiger partial charge in [0.25, 0.3) is 0 Å². The van der Waals surface area contributed by atoms with Gasteiger partial charge in [-0.1, -0.05) is 0 Å². The van der Waals surface area contributed by atoms with Crippen molar-refractivity contribution in [3.63, 3.8) is 0 Å². The molecule has 0 atom stereocenters. The molecule has 0 spiro atoms. The minimum absolute atomic E-state index is 0.0762. The lowest BCUT2D eigenvalue weighted by Gasteiger charge is -2.18. The number of carboxylic acid groups (broad SMARTS) is 2. The van der Waals surface area contributed by atoms with Gasteiger partial charge in [0, 0.05) is 17.0 Å². The SMILES string of the molecule is COc1cc(O)c(C(=O)O)cc1C1(CC(=O)O)CC1. The van der Waals surface area contributed by atoms with Crippen molar-refractivity contribution in [1.29, 1.82) is 0 Å². The minimum Gasteiger partial charge on any atom is -0.507 e. The van der Waals surface area contributed by atoms with E-state index in [1.807, 2.05) is 0 Å². The topological polar surface area (TPSA) is 104 Å². The normalized spacial score (nSPS) is 15.8. The number of phenols is 1. The van der Waals surface area contributed by atoms with Gasteiger partial charge in [0.1, 0.15) is 17.1 Å². The lowest BCUT2D eigenvalue weighted by Crippen LogP contribution is -2.15. The molecule has 1 aromatic carbocycles. The standard InChI is InChI=1S/C13H14O6/c1-19-10-5-9(14)7(12(17)18)4-8(10)13(2-3-13)6-11(15)16/h4-5,14H,2-3,6H2,1H3,(H,15,16)(H,17,18). The van der Waals surface area contributed by atoms with E-state index in [2.05, 4.69) is 0 Å². The van der Waals surface area contributed by atoms with Gasteiger partial charge >= 0.3 is 11.9 Å². The number of aliphatic carboxylic acids is 1. The molecular formula is C13H14O6. The van der Waals surface area contributed by atoms with Gasteiger partial charge in [-0.25, -0.2) is 4.79 Å². The number of rotatable bonds is 5. The molecule has 0 unspecified atom stereocenters. The molecule has 1 saturated carbocycles. The Balaban J connectivity index is 2.52. The Morgan fingerprint density at radius 1 is 1.32 bits per heavy atom. The zero-order valence-corrected chi connectivity index (χ0v) is 10.3. The molecule has 3 N–H and O–H groups in total. The maximum atomic E-state index is 11.0. The largest absolute Gasteiger partial charge is 0.507 e. The Labute approximate surface area is 109 Å². The van der Waals surface area contributed by atoms with Crippen molar-refractivity contribution in [2.45, 2.75) is 24.7 Å². The summed E-state index contributed by atoms with van der Waals surface area (Å²) in [7, 11) is 1.40. The van der Waals surface area contributed by atoms with Gasteiger partial charge in [-0.2, -0.15) is 0 Å². The molecule has 1 aliphatic rings. The first-order valence-corrected chi connectivity index (χ1v) is 5.76. The Morgan fingerprint density at radius 3 is 2.37 bits per heavy atom. The lowest BCUT2D eigenvalue weighted by molar-refractivity contribution is -0.137. The van der Waals surface area contributed by atoms with Gasteiger partial charge in [0.05, 0.1) is 13.5 Å². The van der Waals surface area contributed by atoms with Crippen LogP contribution >= 0.6 is 0 Å². The van der Waals surface area contributed by atoms with Gasteiger partial charge in [-0.05, 0) is 18.9 Å². The maximum absolute atomic E-state index is 11.0. The van der Waals surface area contributed by atoms with Crippen LogP contribution in [-0.2, 0) is 10.2 Å². The molecule has 0 heterocycles. The van der Waals surface area contributed by atoms with Crippen molar-refractivity contribution in [3.05, 3.63) is 23.3 Å². The van der Waals surface area contributed by atoms with E-state index < -0.39 is 17.4 Å². The zero-order valence-electron chi connectivity index (χ0n) is 10.3. The maximum Gasteiger partial charge on any atom is 0.339 e. The van der Waals surface area contributed by atoms with E-state index in [0.717, 1.165) is 0 Å². The second kappa shape index (κ2) is 4.46. The van der Waals surface area contributed by atoms with E-state index in [1.54, 1.807) is 0 Å². The first-order chi connectivity index (χ1) is 8.89. The van der Waals surface area contributed by atoms with Crippen molar-refractivity contribution >= 4 is 11.9 Å². The Hall–Kier alpha value is -2.24. The van der Waals surface area contributed by atoms with Gasteiger partial charge in [0.2, 0.25) is 0 Å². The molecule has 0 radical (unpaired) electrons. The molecule has 2 rings (SSSR count). The van der Waals surface area contributed by atoms with E-state index in [1.165, 1.54) is 19.2 Å². The molecule has 1 fully saturated rings. The highest BCUT2D eigenvalue weighted by Crippen LogP contribution is 2.54. The van der Waals surface area contributed by atoms with Crippen molar-refractivity contribution in [2.75, 3.05) is 7.11 Å². The van der Waals surface area contributed by atoms with Crippen molar-refractivity contribution in [2.24, 2.45) is 0 Å². The predicted molar refractivity (Wildman–Crippen MR) is 64.8 cm³/mol. The number of benzene rings is 1. The number of ether oxygens (including phenoxy) is 1. The highest BCUT2D eigenvalue weighted by atomic mass is 16.5. The Kier molecular flexibility index (Phi) is 3.09. The van der Waals surface area contributed by atoms with Crippen LogP contribution in [0.25, 0.3) is 0 Å². The molecular weight excluding hydrogens is 252 g/mol. The quantitative estimate of drug-likeness (QED) is 0.747. The molecule has 0 aromatic heterocycles. The van der Waals surface area contributed by atoms with Crippen LogP contribution in [0.1, 0.15) is 35.2 Å². The fraction of sp³-hybridized carbons (Fsp3) is 0.385. The van der Waals surface area contributed by atoms with E-state index in [9.17, 15) is 14.7 Å². The van der Waals surface area contributed by atoms with Gasteiger partial charge in [-0.3, -0.25) is 4.79 Å². The van der Waals surface area contributed by atoms with Crippen LogP contribution in [0.4, 0.5) is 0 Å². The van der Waals surface area contributed by atoms with Crippen LogP contribution in [0, 0.1) is 0 Å². The van der Waals surface area contributed by atoms with Crippen LogP contribution in [0.15, 0.2) is 12.1 Å². The van der Waals surface area contributed by atoms with Crippen LogP contribution in [0.5, 0.6) is 11.5 Å². The summed E-state index contributed by atoms with van der Waals surface area (Å²) < 4.78 is 5.12. The molecule has 6 nitrogen and oxygen atoms in total. The number of hydrogen-bond acceptors (Lipinski definition) is 4. The van der Waals surface area contributed by atoms with Gasteiger partial charge < -0.3 is 20.1 Å². The van der Waals surface area contributed by atoms with Crippen molar-refractivity contribution in [3.8, 4) is 11.5 Å². The number of carbonyl (C=O) groups is 2. The molecule has 1 aliphatic carbocycles. The predicted octanol–water partition coefficient (Wildman–Crippen LogP) is 1.61. The summed E-state index contributed by atoms with van der Waals surface area (Å²) in [6.45, 7) is 0. The van der Waals surface area contributed by atoms with Crippen LogP contribution < -0.4 is 4.74 Å².